The maximum atomic E-state index is 14.3. The number of hydrogen-bond acceptors (Lipinski definition) is 2. The molecule has 0 unspecified atom stereocenters. The fraction of sp³-hybridized carbons (Fsp3) is 0.130. The number of amides is 1. The Labute approximate surface area is 167 Å². The van der Waals surface area contributed by atoms with Crippen LogP contribution in [0.2, 0.25) is 0 Å². The Morgan fingerprint density at radius 2 is 1.76 bits per heavy atom. The number of fused-ring (bicyclic) bond motifs is 1. The van der Waals surface area contributed by atoms with E-state index in [0.717, 1.165) is 11.1 Å². The van der Waals surface area contributed by atoms with Crippen molar-refractivity contribution in [3.63, 3.8) is 0 Å². The van der Waals surface area contributed by atoms with Gasteiger partial charge in [-0.05, 0) is 48.4 Å². The third-order valence-corrected chi connectivity index (χ3v) is 5.03. The Bertz CT molecular complexity index is 1290. The van der Waals surface area contributed by atoms with Crippen LogP contribution >= 0.6 is 0 Å². The number of carbonyl (C=O) groups is 1. The average Bonchev–Trinajstić information content (AvgIpc) is 2.95. The zero-order valence-corrected chi connectivity index (χ0v) is 16.1. The van der Waals surface area contributed by atoms with Gasteiger partial charge >= 0.3 is 0 Å². The van der Waals surface area contributed by atoms with Crippen molar-refractivity contribution < 1.29 is 9.18 Å². The molecule has 3 aromatic carbocycles. The van der Waals surface area contributed by atoms with Gasteiger partial charge in [0.15, 0.2) is 0 Å². The number of hydrogen-bond donors (Lipinski definition) is 1. The highest BCUT2D eigenvalue weighted by atomic mass is 19.1. The zero-order valence-electron chi connectivity index (χ0n) is 16.1. The Morgan fingerprint density at radius 1 is 1.03 bits per heavy atom. The van der Waals surface area contributed by atoms with Gasteiger partial charge < -0.3 is 5.32 Å². The van der Waals surface area contributed by atoms with Crippen LogP contribution in [0.1, 0.15) is 11.1 Å². The van der Waals surface area contributed by atoms with Gasteiger partial charge in [0.2, 0.25) is 5.91 Å². The number of anilines is 1. The summed E-state index contributed by atoms with van der Waals surface area (Å²) in [6.45, 7) is 1.96. The van der Waals surface area contributed by atoms with Crippen molar-refractivity contribution in [3.8, 4) is 5.69 Å². The molecule has 29 heavy (non-hydrogen) atoms. The van der Waals surface area contributed by atoms with Crippen molar-refractivity contribution in [2.45, 2.75) is 13.3 Å². The summed E-state index contributed by atoms with van der Waals surface area (Å²) in [5, 5.41) is 3.25. The molecule has 6 heteroatoms. The minimum Gasteiger partial charge on any atom is -0.326 e. The lowest BCUT2D eigenvalue weighted by molar-refractivity contribution is -0.115. The van der Waals surface area contributed by atoms with E-state index in [9.17, 15) is 14.0 Å². The maximum absolute atomic E-state index is 14.3. The topological polar surface area (TPSA) is 56.0 Å². The quantitative estimate of drug-likeness (QED) is 0.574. The molecule has 1 aromatic heterocycles. The molecule has 4 rings (SSSR count). The summed E-state index contributed by atoms with van der Waals surface area (Å²) < 4.78 is 17.2. The predicted octanol–water partition coefficient (Wildman–Crippen LogP) is 3.96. The number of rotatable bonds is 4. The van der Waals surface area contributed by atoms with E-state index in [0.29, 0.717) is 22.3 Å². The normalized spacial score (nSPS) is 11.0. The van der Waals surface area contributed by atoms with Crippen molar-refractivity contribution in [3.05, 3.63) is 94.0 Å². The van der Waals surface area contributed by atoms with E-state index in [4.69, 9.17) is 0 Å². The van der Waals surface area contributed by atoms with Gasteiger partial charge in [-0.15, -0.1) is 0 Å². The lowest BCUT2D eigenvalue weighted by Gasteiger charge is -2.10. The smallest absolute Gasteiger partial charge is 0.274 e. The van der Waals surface area contributed by atoms with Crippen molar-refractivity contribution in [1.29, 1.82) is 0 Å². The number of carbonyl (C=O) groups excluding carboxylic acids is 1. The maximum Gasteiger partial charge on any atom is 0.274 e. The molecule has 0 bridgehead atoms. The number of aromatic nitrogens is 2. The van der Waals surface area contributed by atoms with Crippen molar-refractivity contribution in [2.24, 2.45) is 7.05 Å². The molecule has 0 saturated heterocycles. The number of nitrogens with one attached hydrogen (secondary N) is 1. The molecule has 0 aliphatic heterocycles. The van der Waals surface area contributed by atoms with Crippen LogP contribution in [0.3, 0.4) is 0 Å². The van der Waals surface area contributed by atoms with Crippen LogP contribution in [0.15, 0.2) is 71.5 Å². The van der Waals surface area contributed by atoms with Gasteiger partial charge in [0.25, 0.3) is 5.56 Å². The van der Waals surface area contributed by atoms with E-state index < -0.39 is 5.82 Å². The minimum absolute atomic E-state index is 0.163. The van der Waals surface area contributed by atoms with Gasteiger partial charge in [0.05, 0.1) is 23.0 Å². The van der Waals surface area contributed by atoms with Crippen molar-refractivity contribution in [2.75, 3.05) is 5.32 Å². The summed E-state index contributed by atoms with van der Waals surface area (Å²) in [5.41, 5.74) is 3.12. The van der Waals surface area contributed by atoms with Crippen molar-refractivity contribution in [1.82, 2.24) is 9.36 Å². The Kier molecular flexibility index (Phi) is 4.76. The van der Waals surface area contributed by atoms with Crippen LogP contribution in [0, 0.1) is 12.7 Å². The van der Waals surface area contributed by atoms with E-state index in [1.54, 1.807) is 43.4 Å². The molecule has 0 spiro atoms. The first-order chi connectivity index (χ1) is 14.0. The Morgan fingerprint density at radius 3 is 2.52 bits per heavy atom. The van der Waals surface area contributed by atoms with E-state index in [-0.39, 0.29) is 17.9 Å². The summed E-state index contributed by atoms with van der Waals surface area (Å²) in [6, 6.07) is 19.1. The number of aryl methyl sites for hydroxylation is 1. The summed E-state index contributed by atoms with van der Waals surface area (Å²) in [5.74, 6) is -0.584. The third kappa shape index (κ3) is 3.45. The first-order valence-corrected chi connectivity index (χ1v) is 9.27. The molecule has 0 fully saturated rings. The molecule has 146 valence electrons. The summed E-state index contributed by atoms with van der Waals surface area (Å²) in [4.78, 5) is 25.2. The molecule has 4 aromatic rings. The second-order valence-electron chi connectivity index (χ2n) is 6.98. The second-order valence-corrected chi connectivity index (χ2v) is 6.98. The van der Waals surface area contributed by atoms with Crippen molar-refractivity contribution >= 4 is 22.5 Å². The molecule has 0 radical (unpaired) electrons. The fourth-order valence-corrected chi connectivity index (χ4v) is 3.50. The van der Waals surface area contributed by atoms with Gasteiger partial charge in [0, 0.05) is 12.7 Å². The van der Waals surface area contributed by atoms with Gasteiger partial charge in [-0.3, -0.25) is 9.59 Å². The Hall–Kier alpha value is -3.67. The lowest BCUT2D eigenvalue weighted by atomic mass is 10.1. The van der Waals surface area contributed by atoms with E-state index in [1.165, 1.54) is 15.4 Å². The monoisotopic (exact) mass is 389 g/mol. The van der Waals surface area contributed by atoms with Crippen LogP contribution in [0.25, 0.3) is 16.6 Å². The van der Waals surface area contributed by atoms with E-state index in [2.05, 4.69) is 5.32 Å². The van der Waals surface area contributed by atoms with Gasteiger partial charge in [-0.25, -0.2) is 13.8 Å². The summed E-state index contributed by atoms with van der Waals surface area (Å²) >= 11 is 0. The van der Waals surface area contributed by atoms with Crippen LogP contribution in [-0.4, -0.2) is 15.3 Å². The van der Waals surface area contributed by atoms with Crippen LogP contribution in [0.4, 0.5) is 10.1 Å². The standard InChI is InChI=1S/C23H20FN3O2/c1-15-7-3-4-8-16(15)13-22(28)25-17-11-12-20-18(14-17)23(29)26(2)27(20)21-10-6-5-9-19(21)24/h3-12,14H,13H2,1-2H3,(H,25,28). The second kappa shape index (κ2) is 7.39. The molecule has 5 nitrogen and oxygen atoms in total. The largest absolute Gasteiger partial charge is 0.326 e. The molecule has 0 aliphatic carbocycles. The van der Waals surface area contributed by atoms with E-state index >= 15 is 0 Å². The molecule has 1 heterocycles. The molecule has 0 aliphatic rings. The highest BCUT2D eigenvalue weighted by molar-refractivity contribution is 5.95. The number of halogens is 1. The molecule has 0 saturated carbocycles. The molecule has 1 amide bonds. The number of benzene rings is 3. The minimum atomic E-state index is -0.421. The average molecular weight is 389 g/mol. The molecular weight excluding hydrogens is 369 g/mol. The summed E-state index contributed by atoms with van der Waals surface area (Å²) in [6.07, 6.45) is 0.249. The first-order valence-electron chi connectivity index (χ1n) is 9.27. The molecule has 1 N–H and O–H groups in total. The van der Waals surface area contributed by atoms with Crippen LogP contribution < -0.4 is 10.9 Å². The third-order valence-electron chi connectivity index (χ3n) is 5.03. The van der Waals surface area contributed by atoms with Crippen LogP contribution in [0.5, 0.6) is 0 Å². The molecule has 0 atom stereocenters. The molecular formula is C23H20FN3O2. The fourth-order valence-electron chi connectivity index (χ4n) is 3.50. The van der Waals surface area contributed by atoms with Gasteiger partial charge in [0.1, 0.15) is 5.82 Å². The van der Waals surface area contributed by atoms with E-state index in [1.807, 2.05) is 31.2 Å². The highest BCUT2D eigenvalue weighted by Crippen LogP contribution is 2.22. The highest BCUT2D eigenvalue weighted by Gasteiger charge is 2.16. The lowest BCUT2D eigenvalue weighted by Crippen LogP contribution is -2.18. The number of nitrogens with zero attached hydrogens (tertiary/aromatic N) is 2. The predicted molar refractivity (Wildman–Crippen MR) is 112 cm³/mol. The SMILES string of the molecule is Cc1ccccc1CC(=O)Nc1ccc2c(c1)c(=O)n(C)n2-c1ccccc1F. The van der Waals surface area contributed by atoms with Gasteiger partial charge in [-0.2, -0.15) is 0 Å². The zero-order chi connectivity index (χ0) is 20.5. The number of para-hydroxylation sites is 1. The van der Waals surface area contributed by atoms with Crippen LogP contribution in [-0.2, 0) is 18.3 Å². The summed E-state index contributed by atoms with van der Waals surface area (Å²) in [7, 11) is 1.59. The Balaban J connectivity index is 1.68. The first kappa shape index (κ1) is 18.7. The van der Waals surface area contributed by atoms with Gasteiger partial charge in [-0.1, -0.05) is 36.4 Å².